The molecule has 0 aromatic heterocycles. The molecule has 5 heteroatoms. The Morgan fingerprint density at radius 3 is 2.72 bits per heavy atom. The normalized spacial score (nSPS) is 21.3. The van der Waals surface area contributed by atoms with E-state index in [4.69, 9.17) is 0 Å². The van der Waals surface area contributed by atoms with Gasteiger partial charge in [0.05, 0.1) is 6.10 Å². The van der Waals surface area contributed by atoms with Crippen LogP contribution in [0.15, 0.2) is 24.3 Å². The van der Waals surface area contributed by atoms with E-state index in [2.05, 4.69) is 5.32 Å². The van der Waals surface area contributed by atoms with Gasteiger partial charge in [-0.3, -0.25) is 9.59 Å². The molecule has 136 valence electrons. The number of aliphatic hydroxyl groups excluding tert-OH is 1. The smallest absolute Gasteiger partial charge is 0.254 e. The highest BCUT2D eigenvalue weighted by Crippen LogP contribution is 2.28. The molecule has 5 nitrogen and oxygen atoms in total. The molecule has 2 N–H and O–H groups in total. The number of benzene rings is 1. The van der Waals surface area contributed by atoms with Crippen molar-refractivity contribution in [1.82, 2.24) is 4.90 Å². The van der Waals surface area contributed by atoms with Crippen LogP contribution in [-0.2, 0) is 4.79 Å². The molecule has 0 spiro atoms. The maximum atomic E-state index is 12.6. The zero-order valence-corrected chi connectivity index (χ0v) is 14.7. The lowest BCUT2D eigenvalue weighted by molar-refractivity contribution is -0.116. The van der Waals surface area contributed by atoms with E-state index in [0.29, 0.717) is 36.7 Å². The van der Waals surface area contributed by atoms with Gasteiger partial charge in [-0.2, -0.15) is 0 Å². The fraction of sp³-hybridized carbons (Fsp3) is 0.600. The van der Waals surface area contributed by atoms with Gasteiger partial charge in [-0.1, -0.05) is 31.7 Å². The molecule has 1 unspecified atom stereocenters. The first-order chi connectivity index (χ1) is 12.1. The molecule has 1 aromatic rings. The number of nitrogens with zero attached hydrogens (tertiary/aromatic N) is 1. The Morgan fingerprint density at radius 1 is 1.16 bits per heavy atom. The van der Waals surface area contributed by atoms with Crippen molar-refractivity contribution >= 4 is 17.5 Å². The minimum absolute atomic E-state index is 0.0184. The van der Waals surface area contributed by atoms with Crippen molar-refractivity contribution < 1.29 is 14.7 Å². The number of amides is 2. The Hall–Kier alpha value is -1.88. The van der Waals surface area contributed by atoms with E-state index in [1.807, 2.05) is 6.07 Å². The van der Waals surface area contributed by atoms with Gasteiger partial charge in [0.15, 0.2) is 0 Å². The van der Waals surface area contributed by atoms with Crippen molar-refractivity contribution in [2.45, 2.75) is 57.5 Å². The third-order valence-corrected chi connectivity index (χ3v) is 5.33. The van der Waals surface area contributed by atoms with Crippen LogP contribution in [0.2, 0.25) is 0 Å². The quantitative estimate of drug-likeness (QED) is 0.862. The number of anilines is 1. The van der Waals surface area contributed by atoms with E-state index in [9.17, 15) is 14.7 Å². The number of β-amino-alcohol motifs (C(OH)–C–C–N with tert-alkyl or cyclic N) is 1. The third-order valence-electron chi connectivity index (χ3n) is 5.33. The standard InChI is InChI=1S/C20H28N2O3/c23-18-9-4-12-22(14-18)20(25)16-7-3-8-17(13-16)21-19(24)11-10-15-5-1-2-6-15/h3,7-8,13,15,18,23H,1-2,4-6,9-12,14H2,(H,21,24). The van der Waals surface area contributed by atoms with Gasteiger partial charge in [0.25, 0.3) is 5.91 Å². The highest BCUT2D eigenvalue weighted by molar-refractivity contribution is 5.97. The Kier molecular flexibility index (Phi) is 6.08. The molecule has 2 amide bonds. The zero-order valence-electron chi connectivity index (χ0n) is 14.7. The number of aliphatic hydroxyl groups is 1. The number of likely N-dealkylation sites (tertiary alicyclic amines) is 1. The second-order valence-electron chi connectivity index (χ2n) is 7.37. The Bertz CT molecular complexity index is 611. The molecule has 1 aromatic carbocycles. The highest BCUT2D eigenvalue weighted by Gasteiger charge is 2.23. The summed E-state index contributed by atoms with van der Waals surface area (Å²) in [6, 6.07) is 7.10. The van der Waals surface area contributed by atoms with Crippen molar-refractivity contribution in [3.63, 3.8) is 0 Å². The van der Waals surface area contributed by atoms with Gasteiger partial charge in [-0.15, -0.1) is 0 Å². The Labute approximate surface area is 149 Å². The Morgan fingerprint density at radius 2 is 1.96 bits per heavy atom. The molecule has 1 saturated heterocycles. The van der Waals surface area contributed by atoms with Gasteiger partial charge in [0.1, 0.15) is 0 Å². The first-order valence-electron chi connectivity index (χ1n) is 9.49. The van der Waals surface area contributed by atoms with Crippen LogP contribution < -0.4 is 5.32 Å². The van der Waals surface area contributed by atoms with Crippen molar-refractivity contribution in [2.24, 2.45) is 5.92 Å². The molecule has 1 aliphatic heterocycles. The largest absolute Gasteiger partial charge is 0.391 e. The van der Waals surface area contributed by atoms with Crippen molar-refractivity contribution in [3.05, 3.63) is 29.8 Å². The fourth-order valence-electron chi connectivity index (χ4n) is 3.91. The second-order valence-corrected chi connectivity index (χ2v) is 7.37. The molecule has 1 heterocycles. The van der Waals surface area contributed by atoms with Crippen LogP contribution in [0.4, 0.5) is 5.69 Å². The van der Waals surface area contributed by atoms with Crippen LogP contribution >= 0.6 is 0 Å². The highest BCUT2D eigenvalue weighted by atomic mass is 16.3. The average Bonchev–Trinajstić information content (AvgIpc) is 3.13. The lowest BCUT2D eigenvalue weighted by Crippen LogP contribution is -2.42. The summed E-state index contributed by atoms with van der Waals surface area (Å²) >= 11 is 0. The number of piperidine rings is 1. The summed E-state index contributed by atoms with van der Waals surface area (Å²) in [4.78, 5) is 26.4. The maximum absolute atomic E-state index is 12.6. The number of hydrogen-bond acceptors (Lipinski definition) is 3. The van der Waals surface area contributed by atoms with Crippen LogP contribution in [0.25, 0.3) is 0 Å². The van der Waals surface area contributed by atoms with Gasteiger partial charge in [-0.05, 0) is 43.4 Å². The minimum atomic E-state index is -0.434. The summed E-state index contributed by atoms with van der Waals surface area (Å²) in [6.07, 6.45) is 7.72. The molecule has 1 saturated carbocycles. The van der Waals surface area contributed by atoms with Gasteiger partial charge < -0.3 is 15.3 Å². The molecule has 0 radical (unpaired) electrons. The lowest BCUT2D eigenvalue weighted by Gasteiger charge is -2.30. The number of hydrogen-bond donors (Lipinski definition) is 2. The van der Waals surface area contributed by atoms with Gasteiger partial charge in [0.2, 0.25) is 5.91 Å². The number of carbonyl (C=O) groups excluding carboxylic acids is 2. The van der Waals surface area contributed by atoms with E-state index < -0.39 is 6.10 Å². The number of nitrogens with one attached hydrogen (secondary N) is 1. The summed E-state index contributed by atoms with van der Waals surface area (Å²) in [7, 11) is 0. The first kappa shape index (κ1) is 17.9. The molecule has 2 fully saturated rings. The number of rotatable bonds is 5. The summed E-state index contributed by atoms with van der Waals surface area (Å²) in [5.74, 6) is 0.634. The van der Waals surface area contributed by atoms with Crippen molar-refractivity contribution in [2.75, 3.05) is 18.4 Å². The van der Waals surface area contributed by atoms with Crippen molar-refractivity contribution in [3.8, 4) is 0 Å². The summed E-state index contributed by atoms with van der Waals surface area (Å²) in [5.41, 5.74) is 1.22. The van der Waals surface area contributed by atoms with E-state index in [-0.39, 0.29) is 11.8 Å². The molecule has 1 atom stereocenters. The lowest BCUT2D eigenvalue weighted by atomic mass is 10.0. The average molecular weight is 344 g/mol. The minimum Gasteiger partial charge on any atom is -0.391 e. The molecule has 3 rings (SSSR count). The monoisotopic (exact) mass is 344 g/mol. The Balaban J connectivity index is 1.55. The van der Waals surface area contributed by atoms with E-state index in [0.717, 1.165) is 19.3 Å². The summed E-state index contributed by atoms with van der Waals surface area (Å²) < 4.78 is 0. The van der Waals surface area contributed by atoms with Crippen molar-refractivity contribution in [1.29, 1.82) is 0 Å². The number of carbonyl (C=O) groups is 2. The molecule has 25 heavy (non-hydrogen) atoms. The van der Waals surface area contributed by atoms with Gasteiger partial charge in [0, 0.05) is 30.8 Å². The summed E-state index contributed by atoms with van der Waals surface area (Å²) in [5, 5.41) is 12.7. The molecule has 0 bridgehead atoms. The van der Waals surface area contributed by atoms with Crippen LogP contribution in [0, 0.1) is 5.92 Å². The second kappa shape index (κ2) is 8.48. The maximum Gasteiger partial charge on any atom is 0.254 e. The van der Waals surface area contributed by atoms with Crippen LogP contribution in [-0.4, -0.2) is 41.0 Å². The SMILES string of the molecule is O=C(CCC1CCCC1)Nc1cccc(C(=O)N2CCCC(O)C2)c1. The summed E-state index contributed by atoms with van der Waals surface area (Å²) in [6.45, 7) is 1.06. The zero-order chi connectivity index (χ0) is 17.6. The predicted molar refractivity (Wildman–Crippen MR) is 97.4 cm³/mol. The molecule has 1 aliphatic carbocycles. The predicted octanol–water partition coefficient (Wildman–Crippen LogP) is 3.19. The first-order valence-corrected chi connectivity index (χ1v) is 9.49. The third kappa shape index (κ3) is 5.05. The van der Waals surface area contributed by atoms with E-state index in [1.54, 1.807) is 23.1 Å². The van der Waals surface area contributed by atoms with Gasteiger partial charge in [-0.25, -0.2) is 0 Å². The fourth-order valence-corrected chi connectivity index (χ4v) is 3.91. The van der Waals surface area contributed by atoms with Gasteiger partial charge >= 0.3 is 0 Å². The van der Waals surface area contributed by atoms with E-state index >= 15 is 0 Å². The van der Waals surface area contributed by atoms with Crippen LogP contribution in [0.1, 0.15) is 61.7 Å². The van der Waals surface area contributed by atoms with Crippen LogP contribution in [0.3, 0.4) is 0 Å². The topological polar surface area (TPSA) is 69.6 Å². The van der Waals surface area contributed by atoms with Crippen LogP contribution in [0.5, 0.6) is 0 Å². The van der Waals surface area contributed by atoms with E-state index in [1.165, 1.54) is 25.7 Å². The molecular formula is C20H28N2O3. The molecule has 2 aliphatic rings. The molecular weight excluding hydrogens is 316 g/mol.